The van der Waals surface area contributed by atoms with Gasteiger partial charge in [0.15, 0.2) is 0 Å². The van der Waals surface area contributed by atoms with Gasteiger partial charge in [0.05, 0.1) is 45.5 Å². The molecule has 0 saturated carbocycles. The third kappa shape index (κ3) is 5.58. The molecule has 12 rings (SSSR count). The van der Waals surface area contributed by atoms with Gasteiger partial charge < -0.3 is 13.9 Å². The van der Waals surface area contributed by atoms with Crippen LogP contribution < -0.4 is 15.4 Å². The molecule has 0 fully saturated rings. The van der Waals surface area contributed by atoms with Crippen molar-refractivity contribution in [1.82, 2.24) is 19.3 Å². The number of hydrogen-bond acceptors (Lipinski definition) is 6. The molecule has 11 aromatic rings. The minimum Gasteiger partial charge on any atom is -0.422 e. The first-order chi connectivity index (χ1) is 30.8. The summed E-state index contributed by atoms with van der Waals surface area (Å²) in [7, 11) is 0. The van der Waals surface area contributed by atoms with Crippen molar-refractivity contribution in [3.8, 4) is 11.4 Å². The number of aromatic nitrogens is 4. The summed E-state index contributed by atoms with van der Waals surface area (Å²) in [4.78, 5) is 23.4. The molecule has 0 aliphatic carbocycles. The van der Waals surface area contributed by atoms with Gasteiger partial charge in [0.2, 0.25) is 0 Å². The smallest absolute Gasteiger partial charge is 0.347 e. The summed E-state index contributed by atoms with van der Waals surface area (Å²) in [6.45, 7) is 6.49. The van der Waals surface area contributed by atoms with Crippen molar-refractivity contribution in [3.63, 3.8) is 0 Å². The highest BCUT2D eigenvalue weighted by Crippen LogP contribution is 2.54. The van der Waals surface area contributed by atoms with Crippen molar-refractivity contribution in [2.45, 2.75) is 26.2 Å². The first-order valence-corrected chi connectivity index (χ1v) is 21.2. The van der Waals surface area contributed by atoms with E-state index in [-0.39, 0.29) is 0 Å². The van der Waals surface area contributed by atoms with Gasteiger partial charge in [0.25, 0.3) is 0 Å². The number of fused-ring (bicyclic) bond motifs is 8. The van der Waals surface area contributed by atoms with Gasteiger partial charge in [0.1, 0.15) is 16.8 Å². The molecule has 0 N–H and O–H groups in total. The molecule has 0 unspecified atom stereocenters. The van der Waals surface area contributed by atoms with Crippen LogP contribution in [0.3, 0.4) is 0 Å². The van der Waals surface area contributed by atoms with Gasteiger partial charge in [-0.2, -0.15) is 5.10 Å². The summed E-state index contributed by atoms with van der Waals surface area (Å²) < 4.78 is 10.3. The molecule has 8 nitrogen and oxygen atoms in total. The van der Waals surface area contributed by atoms with E-state index in [0.29, 0.717) is 22.2 Å². The van der Waals surface area contributed by atoms with Crippen molar-refractivity contribution in [1.29, 1.82) is 0 Å². The van der Waals surface area contributed by atoms with E-state index < -0.39 is 11.0 Å². The van der Waals surface area contributed by atoms with Crippen LogP contribution in [0.25, 0.3) is 55.1 Å². The minimum atomic E-state index is -0.480. The Morgan fingerprint density at radius 3 is 1.83 bits per heavy atom. The van der Waals surface area contributed by atoms with Gasteiger partial charge in [-0.05, 0) is 109 Å². The van der Waals surface area contributed by atoms with E-state index in [4.69, 9.17) is 14.5 Å². The number of pyridine rings is 1. The largest absolute Gasteiger partial charge is 0.422 e. The summed E-state index contributed by atoms with van der Waals surface area (Å²) in [6, 6.07) is 63.2. The quantitative estimate of drug-likeness (QED) is 0.156. The van der Waals surface area contributed by atoms with Crippen LogP contribution in [0.2, 0.25) is 0 Å². The maximum atomic E-state index is 13.6. The zero-order valence-electron chi connectivity index (χ0n) is 34.9. The Bertz CT molecular complexity index is 3550. The molecule has 0 bridgehead atoms. The van der Waals surface area contributed by atoms with E-state index in [1.807, 2.05) is 72.4 Å². The lowest BCUT2D eigenvalue weighted by Crippen LogP contribution is -2.31. The Morgan fingerprint density at radius 1 is 0.571 bits per heavy atom. The number of rotatable bonds is 6. The minimum absolute atomic E-state index is 0.406. The topological polar surface area (TPSA) is 72.3 Å². The number of aryl methyl sites for hydroxylation is 1. The van der Waals surface area contributed by atoms with Gasteiger partial charge in [-0.15, -0.1) is 0 Å². The van der Waals surface area contributed by atoms with Gasteiger partial charge >= 0.3 is 5.63 Å². The molecule has 0 radical (unpaired) electrons. The average molecular weight is 817 g/mol. The maximum absolute atomic E-state index is 13.6. The lowest BCUT2D eigenvalue weighted by Gasteiger charge is -2.42. The molecule has 302 valence electrons. The van der Waals surface area contributed by atoms with E-state index in [9.17, 15) is 4.79 Å². The summed E-state index contributed by atoms with van der Waals surface area (Å²) in [5.74, 6) is 0.811. The van der Waals surface area contributed by atoms with Crippen molar-refractivity contribution >= 4 is 77.9 Å². The first-order valence-electron chi connectivity index (χ1n) is 21.2. The third-order valence-corrected chi connectivity index (χ3v) is 12.7. The fourth-order valence-corrected chi connectivity index (χ4v) is 9.78. The summed E-state index contributed by atoms with van der Waals surface area (Å²) in [5.41, 5.74) is 12.4. The number of anilines is 6. The van der Waals surface area contributed by atoms with Gasteiger partial charge in [-0.25, -0.2) is 14.5 Å². The van der Waals surface area contributed by atoms with Crippen LogP contribution in [-0.2, 0) is 5.41 Å². The molecule has 0 amide bonds. The molecule has 0 saturated heterocycles. The molecule has 0 spiro atoms. The summed E-state index contributed by atoms with van der Waals surface area (Å²) >= 11 is 0. The SMILES string of the molecule is Cc1nn(-c2ccccc2)c2c1c(=O)oc1ccc(N3c4ccc(-n5c6ccccc6c6ccccc65)cc4C(C)(C)c4cc(N(c5ccccc5)c5ccccc5)ncc43)cc12. The van der Waals surface area contributed by atoms with Crippen LogP contribution in [0.5, 0.6) is 0 Å². The predicted octanol–water partition coefficient (Wildman–Crippen LogP) is 13.5. The van der Waals surface area contributed by atoms with Crippen molar-refractivity contribution in [3.05, 3.63) is 215 Å². The Kier molecular flexibility index (Phi) is 8.08. The standard InChI is InChI=1S/C55H40N6O2/c1-35-52-53(61(57-35)38-21-11-6-12-22-38)43-31-39(28-30-50(43)63-54(52)62)60-48-29-27-40(59-46-25-15-13-23-41(46)42-24-14-16-26-47(42)59)32-44(48)55(2,3)45-33-51(56-34-49(45)60)58(36-17-7-4-8-18-36)37-19-9-5-10-20-37/h4-34H,1-3H3. The molecule has 1 aliphatic heterocycles. The van der Waals surface area contributed by atoms with Crippen molar-refractivity contribution in [2.24, 2.45) is 0 Å². The Labute approximate surface area is 363 Å². The summed E-state index contributed by atoms with van der Waals surface area (Å²) in [6.07, 6.45) is 2.01. The average Bonchev–Trinajstić information content (AvgIpc) is 3.86. The Morgan fingerprint density at radius 2 is 1.16 bits per heavy atom. The van der Waals surface area contributed by atoms with E-state index >= 15 is 0 Å². The van der Waals surface area contributed by atoms with Crippen molar-refractivity contribution in [2.75, 3.05) is 9.80 Å². The van der Waals surface area contributed by atoms with Gasteiger partial charge in [0, 0.05) is 44.3 Å². The van der Waals surface area contributed by atoms with Crippen LogP contribution in [0.4, 0.5) is 34.3 Å². The van der Waals surface area contributed by atoms with Crippen LogP contribution in [-0.4, -0.2) is 19.3 Å². The lowest BCUT2D eigenvalue weighted by atomic mass is 9.73. The second-order valence-electron chi connectivity index (χ2n) is 16.7. The van der Waals surface area contributed by atoms with Crippen LogP contribution in [0.15, 0.2) is 197 Å². The zero-order valence-corrected chi connectivity index (χ0v) is 34.9. The lowest BCUT2D eigenvalue weighted by molar-refractivity contribution is 0.569. The second kappa shape index (κ2) is 13.9. The fourth-order valence-electron chi connectivity index (χ4n) is 9.78. The highest BCUT2D eigenvalue weighted by molar-refractivity contribution is 6.09. The van der Waals surface area contributed by atoms with Crippen LogP contribution in [0, 0.1) is 6.92 Å². The van der Waals surface area contributed by atoms with E-state index in [2.05, 4.69) is 156 Å². The van der Waals surface area contributed by atoms with Gasteiger partial charge in [-0.3, -0.25) is 4.90 Å². The maximum Gasteiger partial charge on any atom is 0.347 e. The highest BCUT2D eigenvalue weighted by atomic mass is 16.4. The zero-order chi connectivity index (χ0) is 42.4. The van der Waals surface area contributed by atoms with E-state index in [0.717, 1.165) is 73.2 Å². The second-order valence-corrected chi connectivity index (χ2v) is 16.7. The number of benzene rings is 7. The molecule has 4 aromatic heterocycles. The molecular formula is C55H40N6O2. The van der Waals surface area contributed by atoms with E-state index in [1.54, 1.807) is 0 Å². The Balaban J connectivity index is 1.13. The molecule has 5 heterocycles. The third-order valence-electron chi connectivity index (χ3n) is 12.7. The predicted molar refractivity (Wildman–Crippen MR) is 255 cm³/mol. The first kappa shape index (κ1) is 36.6. The number of para-hydroxylation sites is 5. The molecule has 8 heteroatoms. The van der Waals surface area contributed by atoms with Gasteiger partial charge in [-0.1, -0.05) is 105 Å². The molecule has 1 aliphatic rings. The van der Waals surface area contributed by atoms with E-state index in [1.165, 1.54) is 10.8 Å². The monoisotopic (exact) mass is 816 g/mol. The Hall–Kier alpha value is -8.23. The number of nitrogens with zero attached hydrogens (tertiary/aromatic N) is 6. The summed E-state index contributed by atoms with van der Waals surface area (Å²) in [5, 5.41) is 8.56. The highest BCUT2D eigenvalue weighted by Gasteiger charge is 2.39. The molecular weight excluding hydrogens is 777 g/mol. The fraction of sp³-hybridized carbons (Fsp3) is 0.0727. The number of hydrogen-bond donors (Lipinski definition) is 0. The van der Waals surface area contributed by atoms with Crippen LogP contribution in [0.1, 0.15) is 30.7 Å². The molecule has 7 aromatic carbocycles. The van der Waals surface area contributed by atoms with Crippen LogP contribution >= 0.6 is 0 Å². The molecule has 63 heavy (non-hydrogen) atoms. The normalized spacial score (nSPS) is 13.2. The van der Waals surface area contributed by atoms with Crippen molar-refractivity contribution < 1.29 is 4.42 Å². The molecule has 0 atom stereocenters.